The maximum atomic E-state index is 14.1. The minimum Gasteiger partial charge on any atom is -0.457 e. The average molecular weight is 595 g/mol. The highest BCUT2D eigenvalue weighted by atomic mass is 19.4. The van der Waals surface area contributed by atoms with E-state index in [1.165, 1.54) is 7.05 Å². The third-order valence-corrected chi connectivity index (χ3v) is 8.37. The number of alkyl halides is 3. The Morgan fingerprint density at radius 3 is 2.43 bits per heavy atom. The van der Waals surface area contributed by atoms with Crippen LogP contribution < -0.4 is 21.1 Å². The minimum absolute atomic E-state index is 0.00586. The smallest absolute Gasteiger partial charge is 0.457 e. The fourth-order valence-electron chi connectivity index (χ4n) is 5.60. The molecular weight excluding hydrogens is 561 g/mol. The van der Waals surface area contributed by atoms with Crippen LogP contribution in [0.5, 0.6) is 5.88 Å². The molecule has 1 aromatic rings. The molecule has 4 atom stereocenters. The predicted octanol–water partition coefficient (Wildman–Crippen LogP) is 1.02. The monoisotopic (exact) mass is 594 g/mol. The number of nitrogens with one attached hydrogen (secondary N) is 2. The van der Waals surface area contributed by atoms with Gasteiger partial charge in [-0.3, -0.25) is 24.0 Å². The van der Waals surface area contributed by atoms with Crippen molar-refractivity contribution in [3.63, 3.8) is 0 Å². The Hall–Kier alpha value is -3.91. The van der Waals surface area contributed by atoms with E-state index >= 15 is 0 Å². The zero-order chi connectivity index (χ0) is 30.6. The standard InChI is InChI=1S/C27H33F3N6O6/c1-13-3-8-16-21(32-13)42-26(24(40)33-16)11-19(20(31)37)36(12-26)23(39)18(10-15-6-7-15)35(2)22(38)17(9-14-4-5-14)34-25(41)27(28,29)30/h3,8,14-15,17-19H,4-7,9-12H2,1-2H3,(H2,31,37)(H,33,40)(H,34,41)/t17-,18-,19-,26?/m0/s1. The molecule has 5 amide bonds. The third kappa shape index (κ3) is 6.00. The van der Waals surface area contributed by atoms with Crippen molar-refractivity contribution < 1.29 is 41.9 Å². The summed E-state index contributed by atoms with van der Waals surface area (Å²) in [5.74, 6) is -5.06. The molecule has 1 aromatic heterocycles. The number of ether oxygens (including phenoxy) is 1. The number of carbonyl (C=O) groups excluding carboxylic acids is 5. The van der Waals surface area contributed by atoms with Gasteiger partial charge in [0.15, 0.2) is 0 Å². The number of halogens is 3. The number of likely N-dealkylation sites (N-methyl/N-ethyl adjacent to an activating group) is 1. The van der Waals surface area contributed by atoms with Crippen LogP contribution in [0.15, 0.2) is 12.1 Å². The van der Waals surface area contributed by atoms with E-state index in [0.717, 1.165) is 35.5 Å². The largest absolute Gasteiger partial charge is 0.471 e. The molecule has 228 valence electrons. The quantitative estimate of drug-likeness (QED) is 0.384. The Kier molecular flexibility index (Phi) is 7.56. The number of amides is 5. The van der Waals surface area contributed by atoms with Crippen LogP contribution in [0.1, 0.15) is 50.6 Å². The normalized spacial score (nSPS) is 24.7. The molecule has 0 bridgehead atoms. The van der Waals surface area contributed by atoms with Crippen LogP contribution in [0.3, 0.4) is 0 Å². The second-order valence-electron chi connectivity index (χ2n) is 11.8. The maximum Gasteiger partial charge on any atom is 0.471 e. The SMILES string of the molecule is Cc1ccc2c(n1)OC1(C[C@@H](C(N)=O)N(C(=O)[C@H](CC3CC3)N(C)C(=O)[C@H](CC3CC3)NC(=O)C(F)(F)F)C1)C(=O)N2. The lowest BCUT2D eigenvalue weighted by Crippen LogP contribution is -2.58. The van der Waals surface area contributed by atoms with E-state index in [0.29, 0.717) is 11.4 Å². The molecule has 4 aliphatic rings. The van der Waals surface area contributed by atoms with E-state index < -0.39 is 59.4 Å². The van der Waals surface area contributed by atoms with Gasteiger partial charge in [0.05, 0.1) is 6.54 Å². The van der Waals surface area contributed by atoms with Crippen molar-refractivity contribution >= 4 is 35.2 Å². The van der Waals surface area contributed by atoms with Gasteiger partial charge >= 0.3 is 12.1 Å². The zero-order valence-electron chi connectivity index (χ0n) is 23.2. The number of anilines is 1. The molecule has 0 aromatic carbocycles. The van der Waals surface area contributed by atoms with Crippen molar-refractivity contribution in [2.75, 3.05) is 18.9 Å². The zero-order valence-corrected chi connectivity index (χ0v) is 23.2. The fraction of sp³-hybridized carbons (Fsp3) is 0.630. The van der Waals surface area contributed by atoms with Gasteiger partial charge in [-0.15, -0.1) is 0 Å². The van der Waals surface area contributed by atoms with E-state index in [4.69, 9.17) is 10.5 Å². The summed E-state index contributed by atoms with van der Waals surface area (Å²) in [5, 5.41) is 4.51. The number of nitrogens with two attached hydrogens (primary N) is 1. The van der Waals surface area contributed by atoms with Crippen LogP contribution in [0.2, 0.25) is 0 Å². The van der Waals surface area contributed by atoms with Crippen LogP contribution in [0.4, 0.5) is 18.9 Å². The lowest BCUT2D eigenvalue weighted by Gasteiger charge is -2.36. The molecule has 3 heterocycles. The summed E-state index contributed by atoms with van der Waals surface area (Å²) in [6, 6.07) is -0.618. The molecule has 2 saturated carbocycles. The van der Waals surface area contributed by atoms with Crippen molar-refractivity contribution in [3.05, 3.63) is 17.8 Å². The number of likely N-dealkylation sites (tertiary alicyclic amines) is 1. The number of aromatic nitrogens is 1. The van der Waals surface area contributed by atoms with Gasteiger partial charge in [0.1, 0.15) is 23.8 Å². The molecule has 2 aliphatic heterocycles. The Morgan fingerprint density at radius 2 is 1.83 bits per heavy atom. The van der Waals surface area contributed by atoms with Gasteiger partial charge in [0.2, 0.25) is 29.2 Å². The summed E-state index contributed by atoms with van der Waals surface area (Å²) in [6.07, 6.45) is -2.23. The van der Waals surface area contributed by atoms with Crippen molar-refractivity contribution in [2.45, 2.75) is 81.8 Å². The number of hydrogen-bond acceptors (Lipinski definition) is 7. The highest BCUT2D eigenvalue weighted by molar-refractivity contribution is 6.03. The minimum atomic E-state index is -5.19. The molecule has 15 heteroatoms. The summed E-state index contributed by atoms with van der Waals surface area (Å²) in [4.78, 5) is 71.6. The first-order valence-corrected chi connectivity index (χ1v) is 13.9. The van der Waals surface area contributed by atoms with E-state index in [1.807, 2.05) is 0 Å². The average Bonchev–Trinajstić information content (AvgIpc) is 3.85. The Balaban J connectivity index is 1.40. The van der Waals surface area contributed by atoms with Gasteiger partial charge < -0.3 is 30.9 Å². The number of carbonyl (C=O) groups is 5. The van der Waals surface area contributed by atoms with Crippen molar-refractivity contribution in [3.8, 4) is 5.88 Å². The molecule has 1 spiro atoms. The summed E-state index contributed by atoms with van der Waals surface area (Å²) < 4.78 is 45.2. The van der Waals surface area contributed by atoms with Crippen molar-refractivity contribution in [2.24, 2.45) is 17.6 Å². The molecule has 2 aliphatic carbocycles. The van der Waals surface area contributed by atoms with Gasteiger partial charge in [-0.05, 0) is 43.7 Å². The molecule has 1 saturated heterocycles. The molecule has 4 N–H and O–H groups in total. The van der Waals surface area contributed by atoms with Crippen LogP contribution in [0.25, 0.3) is 0 Å². The number of primary amides is 1. The van der Waals surface area contributed by atoms with Crippen LogP contribution >= 0.6 is 0 Å². The van der Waals surface area contributed by atoms with Crippen molar-refractivity contribution in [1.29, 1.82) is 0 Å². The van der Waals surface area contributed by atoms with Crippen LogP contribution in [-0.4, -0.2) is 87.8 Å². The molecule has 42 heavy (non-hydrogen) atoms. The molecule has 12 nitrogen and oxygen atoms in total. The summed E-state index contributed by atoms with van der Waals surface area (Å²) in [5.41, 5.74) is 4.93. The Labute approximate surface area is 239 Å². The highest BCUT2D eigenvalue weighted by Gasteiger charge is 2.58. The lowest BCUT2D eigenvalue weighted by molar-refractivity contribution is -0.175. The highest BCUT2D eigenvalue weighted by Crippen LogP contribution is 2.41. The van der Waals surface area contributed by atoms with Gasteiger partial charge in [-0.1, -0.05) is 25.7 Å². The number of fused-ring (bicyclic) bond motifs is 1. The molecular formula is C27H33F3N6O6. The van der Waals surface area contributed by atoms with E-state index in [2.05, 4.69) is 10.3 Å². The van der Waals surface area contributed by atoms with Gasteiger partial charge in [0.25, 0.3) is 5.91 Å². The van der Waals surface area contributed by atoms with E-state index in [-0.39, 0.29) is 43.5 Å². The molecule has 0 radical (unpaired) electrons. The van der Waals surface area contributed by atoms with E-state index in [9.17, 15) is 37.1 Å². The Bertz CT molecular complexity index is 1320. The second-order valence-corrected chi connectivity index (χ2v) is 11.8. The molecule has 5 rings (SSSR count). The van der Waals surface area contributed by atoms with Crippen LogP contribution in [0, 0.1) is 18.8 Å². The van der Waals surface area contributed by atoms with Crippen molar-refractivity contribution in [1.82, 2.24) is 20.1 Å². The van der Waals surface area contributed by atoms with E-state index in [1.54, 1.807) is 24.4 Å². The first kappa shape index (κ1) is 29.6. The number of nitrogens with zero attached hydrogens (tertiary/aromatic N) is 3. The number of rotatable bonds is 9. The number of aryl methyl sites for hydroxylation is 1. The summed E-state index contributed by atoms with van der Waals surface area (Å²) in [6.45, 7) is 1.37. The summed E-state index contributed by atoms with van der Waals surface area (Å²) in [7, 11) is 1.30. The topological polar surface area (TPSA) is 164 Å². The molecule has 3 fully saturated rings. The maximum absolute atomic E-state index is 14.1. The fourth-order valence-corrected chi connectivity index (χ4v) is 5.60. The number of pyridine rings is 1. The second kappa shape index (κ2) is 10.7. The summed E-state index contributed by atoms with van der Waals surface area (Å²) >= 11 is 0. The Morgan fingerprint density at radius 1 is 1.19 bits per heavy atom. The first-order chi connectivity index (χ1) is 19.7. The molecule has 1 unspecified atom stereocenters. The third-order valence-electron chi connectivity index (χ3n) is 8.37. The van der Waals surface area contributed by atoms with Gasteiger partial charge in [0, 0.05) is 19.2 Å². The lowest BCUT2D eigenvalue weighted by atomic mass is 9.97. The first-order valence-electron chi connectivity index (χ1n) is 13.9. The predicted molar refractivity (Wildman–Crippen MR) is 140 cm³/mol. The number of hydrogen-bond donors (Lipinski definition) is 3. The van der Waals surface area contributed by atoms with Gasteiger partial charge in [-0.2, -0.15) is 13.2 Å². The van der Waals surface area contributed by atoms with Crippen LogP contribution in [-0.2, 0) is 24.0 Å². The van der Waals surface area contributed by atoms with Gasteiger partial charge in [-0.25, -0.2) is 4.98 Å².